The Bertz CT molecular complexity index is 310. The molecule has 74 valence electrons. The summed E-state index contributed by atoms with van der Waals surface area (Å²) in [6, 6.07) is 9.65. The lowest BCUT2D eigenvalue weighted by molar-refractivity contribution is 0.229. The zero-order valence-corrected chi connectivity index (χ0v) is 8.33. The fourth-order valence-corrected chi connectivity index (χ4v) is 1.02. The Kier molecular flexibility index (Phi) is 4.77. The predicted octanol–water partition coefficient (Wildman–Crippen LogP) is 1.01. The van der Waals surface area contributed by atoms with Crippen molar-refractivity contribution < 1.29 is 5.11 Å². The van der Waals surface area contributed by atoms with Gasteiger partial charge < -0.3 is 10.4 Å². The molecule has 0 aliphatic heterocycles. The van der Waals surface area contributed by atoms with Gasteiger partial charge in [0.25, 0.3) is 0 Å². The van der Waals surface area contributed by atoms with Crippen LogP contribution in [0, 0.1) is 11.8 Å². The quantitative estimate of drug-likeness (QED) is 0.695. The zero-order chi connectivity index (χ0) is 10.2. The summed E-state index contributed by atoms with van der Waals surface area (Å²) >= 11 is 0. The monoisotopic (exact) mass is 189 g/mol. The van der Waals surface area contributed by atoms with E-state index >= 15 is 0 Å². The van der Waals surface area contributed by atoms with Crippen molar-refractivity contribution in [1.29, 1.82) is 0 Å². The van der Waals surface area contributed by atoms with Gasteiger partial charge in [-0.1, -0.05) is 37.0 Å². The molecule has 0 radical (unpaired) electrons. The number of likely N-dealkylation sites (N-methyl/N-ethyl adjacent to an activating group) is 1. The van der Waals surface area contributed by atoms with Crippen molar-refractivity contribution >= 4 is 0 Å². The van der Waals surface area contributed by atoms with Gasteiger partial charge in [0.1, 0.15) is 6.10 Å². The van der Waals surface area contributed by atoms with Crippen LogP contribution in [0.25, 0.3) is 0 Å². The third-order valence-electron chi connectivity index (χ3n) is 1.74. The van der Waals surface area contributed by atoms with Gasteiger partial charge in [0.15, 0.2) is 0 Å². The van der Waals surface area contributed by atoms with Gasteiger partial charge >= 0.3 is 0 Å². The number of hydrogen-bond donors (Lipinski definition) is 2. The molecule has 1 rings (SSSR count). The molecule has 2 N–H and O–H groups in total. The first-order chi connectivity index (χ1) is 6.83. The Labute approximate surface area is 85.0 Å². The normalized spacial score (nSPS) is 11.6. The Morgan fingerprint density at radius 1 is 1.36 bits per heavy atom. The summed E-state index contributed by atoms with van der Waals surface area (Å²) in [5, 5.41) is 12.4. The molecule has 2 nitrogen and oxygen atoms in total. The molecule has 1 atom stereocenters. The van der Waals surface area contributed by atoms with Crippen molar-refractivity contribution in [3.05, 3.63) is 35.9 Å². The zero-order valence-electron chi connectivity index (χ0n) is 8.33. The molecule has 0 fully saturated rings. The molecule has 0 amide bonds. The summed E-state index contributed by atoms with van der Waals surface area (Å²) in [6.45, 7) is 3.37. The van der Waals surface area contributed by atoms with E-state index in [1.807, 2.05) is 37.3 Å². The fourth-order valence-electron chi connectivity index (χ4n) is 1.02. The molecular formula is C12H15NO. The maximum absolute atomic E-state index is 9.41. The molecule has 0 aromatic heterocycles. The summed E-state index contributed by atoms with van der Waals surface area (Å²) in [7, 11) is 0. The van der Waals surface area contributed by atoms with E-state index in [0.29, 0.717) is 6.54 Å². The first-order valence-electron chi connectivity index (χ1n) is 4.78. The second-order valence-electron chi connectivity index (χ2n) is 2.96. The average Bonchev–Trinajstić information content (AvgIpc) is 2.25. The van der Waals surface area contributed by atoms with Crippen LogP contribution in [-0.2, 0) is 0 Å². The lowest BCUT2D eigenvalue weighted by Gasteiger charge is -2.02. The van der Waals surface area contributed by atoms with E-state index in [2.05, 4.69) is 17.2 Å². The standard InChI is InChI=1S/C12H15NO/c1-2-13-10-12(14)9-8-11-6-4-3-5-7-11/h3-7,12-14H,2,10H2,1H3. The minimum Gasteiger partial charge on any atom is -0.379 e. The summed E-state index contributed by atoms with van der Waals surface area (Å²) in [5.74, 6) is 5.69. The van der Waals surface area contributed by atoms with Gasteiger partial charge in [-0.25, -0.2) is 0 Å². The van der Waals surface area contributed by atoms with Crippen molar-refractivity contribution in [2.45, 2.75) is 13.0 Å². The third kappa shape index (κ3) is 4.08. The van der Waals surface area contributed by atoms with E-state index in [4.69, 9.17) is 0 Å². The maximum atomic E-state index is 9.41. The lowest BCUT2D eigenvalue weighted by Crippen LogP contribution is -2.25. The number of aliphatic hydroxyl groups excluding tert-OH is 1. The highest BCUT2D eigenvalue weighted by Crippen LogP contribution is 1.94. The Balaban J connectivity index is 2.47. The van der Waals surface area contributed by atoms with Crippen LogP contribution in [0.15, 0.2) is 30.3 Å². The Morgan fingerprint density at radius 3 is 2.71 bits per heavy atom. The van der Waals surface area contributed by atoms with Crippen LogP contribution in [0.4, 0.5) is 0 Å². The summed E-state index contributed by atoms with van der Waals surface area (Å²) in [5.41, 5.74) is 0.933. The van der Waals surface area contributed by atoms with Gasteiger partial charge in [0, 0.05) is 12.1 Å². The van der Waals surface area contributed by atoms with Gasteiger partial charge in [0.2, 0.25) is 0 Å². The minimum atomic E-state index is -0.588. The van der Waals surface area contributed by atoms with Crippen molar-refractivity contribution in [3.8, 4) is 11.8 Å². The van der Waals surface area contributed by atoms with Gasteiger partial charge in [-0.15, -0.1) is 0 Å². The van der Waals surface area contributed by atoms with Crippen LogP contribution in [-0.4, -0.2) is 24.3 Å². The summed E-state index contributed by atoms with van der Waals surface area (Å²) in [6.07, 6.45) is -0.588. The molecule has 0 saturated heterocycles. The largest absolute Gasteiger partial charge is 0.379 e. The van der Waals surface area contributed by atoms with Crippen LogP contribution in [0.1, 0.15) is 12.5 Å². The van der Waals surface area contributed by atoms with Crippen molar-refractivity contribution in [1.82, 2.24) is 5.32 Å². The van der Waals surface area contributed by atoms with Crippen molar-refractivity contribution in [3.63, 3.8) is 0 Å². The van der Waals surface area contributed by atoms with Crippen LogP contribution in [0.3, 0.4) is 0 Å². The number of aliphatic hydroxyl groups is 1. The topological polar surface area (TPSA) is 32.3 Å². The smallest absolute Gasteiger partial charge is 0.127 e. The maximum Gasteiger partial charge on any atom is 0.127 e. The van der Waals surface area contributed by atoms with Crippen molar-refractivity contribution in [2.24, 2.45) is 0 Å². The molecule has 1 unspecified atom stereocenters. The van der Waals surface area contributed by atoms with E-state index in [0.717, 1.165) is 12.1 Å². The predicted molar refractivity (Wildman–Crippen MR) is 57.9 cm³/mol. The minimum absolute atomic E-state index is 0.524. The molecule has 0 heterocycles. The molecule has 0 bridgehead atoms. The molecule has 1 aromatic rings. The van der Waals surface area contributed by atoms with Gasteiger partial charge in [-0.05, 0) is 18.7 Å². The fraction of sp³-hybridized carbons (Fsp3) is 0.333. The van der Waals surface area contributed by atoms with Gasteiger partial charge in [0.05, 0.1) is 0 Å². The third-order valence-corrected chi connectivity index (χ3v) is 1.74. The average molecular weight is 189 g/mol. The SMILES string of the molecule is CCNCC(O)C#Cc1ccccc1. The molecule has 2 heteroatoms. The van der Waals surface area contributed by atoms with Gasteiger partial charge in [-0.3, -0.25) is 0 Å². The van der Waals surface area contributed by atoms with E-state index in [1.165, 1.54) is 0 Å². The van der Waals surface area contributed by atoms with Crippen LogP contribution < -0.4 is 5.32 Å². The van der Waals surface area contributed by atoms with E-state index in [1.54, 1.807) is 0 Å². The molecule has 0 aliphatic rings. The molecular weight excluding hydrogens is 174 g/mol. The number of benzene rings is 1. The first kappa shape index (κ1) is 10.8. The molecule has 1 aromatic carbocycles. The van der Waals surface area contributed by atoms with Crippen LogP contribution >= 0.6 is 0 Å². The molecule has 0 saturated carbocycles. The molecule has 0 aliphatic carbocycles. The van der Waals surface area contributed by atoms with E-state index < -0.39 is 6.10 Å². The molecule has 14 heavy (non-hydrogen) atoms. The first-order valence-corrected chi connectivity index (χ1v) is 4.78. The van der Waals surface area contributed by atoms with Crippen LogP contribution in [0.5, 0.6) is 0 Å². The summed E-state index contributed by atoms with van der Waals surface area (Å²) in [4.78, 5) is 0. The second-order valence-corrected chi connectivity index (χ2v) is 2.96. The molecule has 0 spiro atoms. The van der Waals surface area contributed by atoms with E-state index in [9.17, 15) is 5.11 Å². The van der Waals surface area contributed by atoms with Crippen molar-refractivity contribution in [2.75, 3.05) is 13.1 Å². The number of nitrogens with one attached hydrogen (secondary N) is 1. The second kappa shape index (κ2) is 6.20. The lowest BCUT2D eigenvalue weighted by atomic mass is 10.2. The summed E-state index contributed by atoms with van der Waals surface area (Å²) < 4.78 is 0. The highest BCUT2D eigenvalue weighted by atomic mass is 16.3. The number of rotatable bonds is 3. The number of hydrogen-bond acceptors (Lipinski definition) is 2. The van der Waals surface area contributed by atoms with E-state index in [-0.39, 0.29) is 0 Å². The highest BCUT2D eigenvalue weighted by molar-refractivity contribution is 5.34. The van der Waals surface area contributed by atoms with Gasteiger partial charge in [-0.2, -0.15) is 0 Å². The highest BCUT2D eigenvalue weighted by Gasteiger charge is 1.95. The Hall–Kier alpha value is -1.30. The van der Waals surface area contributed by atoms with Crippen LogP contribution in [0.2, 0.25) is 0 Å². The Morgan fingerprint density at radius 2 is 2.07 bits per heavy atom.